The lowest BCUT2D eigenvalue weighted by atomic mass is 9.96. The van der Waals surface area contributed by atoms with Gasteiger partial charge in [0, 0.05) is 25.6 Å². The number of amides is 2. The molecule has 10 heteroatoms. The van der Waals surface area contributed by atoms with Crippen LogP contribution in [-0.4, -0.2) is 79.5 Å². The van der Waals surface area contributed by atoms with E-state index in [1.54, 1.807) is 24.3 Å². The molecule has 2 rings (SSSR count). The van der Waals surface area contributed by atoms with Gasteiger partial charge in [-0.25, -0.2) is 0 Å². The van der Waals surface area contributed by atoms with Crippen LogP contribution in [0, 0.1) is 0 Å². The first-order valence-electron chi connectivity index (χ1n) is 10.9. The van der Waals surface area contributed by atoms with E-state index in [1.807, 2.05) is 0 Å². The summed E-state index contributed by atoms with van der Waals surface area (Å²) < 4.78 is 16.7. The lowest BCUT2D eigenvalue weighted by molar-refractivity contribution is -0.262. The van der Waals surface area contributed by atoms with Gasteiger partial charge in [0.2, 0.25) is 5.91 Å². The van der Waals surface area contributed by atoms with Gasteiger partial charge in [0.25, 0.3) is 5.91 Å². The van der Waals surface area contributed by atoms with Crippen molar-refractivity contribution in [2.75, 3.05) is 26.8 Å². The molecule has 32 heavy (non-hydrogen) atoms. The first-order valence-corrected chi connectivity index (χ1v) is 10.9. The van der Waals surface area contributed by atoms with Crippen molar-refractivity contribution in [3.8, 4) is 5.75 Å². The standard InChI is InChI=1S/C22H35N3O7/c1-14(26)25-18-20(28)19(27)17(32-22(18)31-11-6-4-3-5-10-23)13-24-21(29)15-8-7-9-16(12-15)30-2/h7-9,12,17-20,22,27-28H,3-6,10-11,13,23H2,1-2H3,(H,24,29)(H,25,26). The second-order valence-corrected chi connectivity index (χ2v) is 7.77. The first kappa shape index (κ1) is 26.0. The number of carbonyl (C=O) groups excluding carboxylic acids is 2. The monoisotopic (exact) mass is 453 g/mol. The Hall–Kier alpha value is -2.24. The predicted octanol–water partition coefficient (Wildman–Crippen LogP) is -0.0879. The molecule has 0 aromatic heterocycles. The molecule has 5 unspecified atom stereocenters. The molecule has 1 saturated heterocycles. The largest absolute Gasteiger partial charge is 0.497 e. The minimum absolute atomic E-state index is 0.0581. The third kappa shape index (κ3) is 7.72. The van der Waals surface area contributed by atoms with Crippen LogP contribution in [0.1, 0.15) is 43.0 Å². The first-order chi connectivity index (χ1) is 15.4. The topological polar surface area (TPSA) is 152 Å². The second-order valence-electron chi connectivity index (χ2n) is 7.77. The highest BCUT2D eigenvalue weighted by atomic mass is 16.7. The van der Waals surface area contributed by atoms with Crippen molar-refractivity contribution in [2.45, 2.75) is 63.3 Å². The van der Waals surface area contributed by atoms with Crippen LogP contribution in [0.5, 0.6) is 5.75 Å². The van der Waals surface area contributed by atoms with Crippen LogP contribution < -0.4 is 21.1 Å². The number of aliphatic hydroxyl groups is 2. The van der Waals surface area contributed by atoms with E-state index in [1.165, 1.54) is 14.0 Å². The quantitative estimate of drug-likeness (QED) is 0.275. The Labute approximate surface area is 188 Å². The maximum Gasteiger partial charge on any atom is 0.251 e. The fourth-order valence-electron chi connectivity index (χ4n) is 3.49. The average molecular weight is 454 g/mol. The van der Waals surface area contributed by atoms with Gasteiger partial charge >= 0.3 is 0 Å². The van der Waals surface area contributed by atoms with E-state index in [9.17, 15) is 19.8 Å². The number of rotatable bonds is 12. The van der Waals surface area contributed by atoms with Crippen LogP contribution >= 0.6 is 0 Å². The molecule has 0 spiro atoms. The van der Waals surface area contributed by atoms with Gasteiger partial charge in [-0.2, -0.15) is 0 Å². The average Bonchev–Trinajstić information content (AvgIpc) is 2.79. The number of carbonyl (C=O) groups is 2. The number of unbranched alkanes of at least 4 members (excludes halogenated alkanes) is 3. The molecular formula is C22H35N3O7. The minimum atomic E-state index is -1.33. The van der Waals surface area contributed by atoms with E-state index in [0.29, 0.717) is 24.5 Å². The summed E-state index contributed by atoms with van der Waals surface area (Å²) in [4.78, 5) is 24.0. The normalized spacial score (nSPS) is 25.2. The van der Waals surface area contributed by atoms with Crippen molar-refractivity contribution in [3.63, 3.8) is 0 Å². The lowest BCUT2D eigenvalue weighted by Gasteiger charge is -2.42. The Morgan fingerprint density at radius 3 is 2.59 bits per heavy atom. The third-order valence-corrected chi connectivity index (χ3v) is 5.25. The number of ether oxygens (including phenoxy) is 3. The van der Waals surface area contributed by atoms with Crippen LogP contribution in [0.2, 0.25) is 0 Å². The molecule has 0 radical (unpaired) electrons. The van der Waals surface area contributed by atoms with Crippen molar-refractivity contribution in [1.82, 2.24) is 10.6 Å². The summed E-state index contributed by atoms with van der Waals surface area (Å²) in [5, 5.41) is 26.4. The number of aliphatic hydroxyl groups excluding tert-OH is 2. The van der Waals surface area contributed by atoms with Crippen LogP contribution in [0.3, 0.4) is 0 Å². The molecule has 1 aliphatic rings. The molecule has 6 N–H and O–H groups in total. The highest BCUT2D eigenvalue weighted by molar-refractivity contribution is 5.94. The summed E-state index contributed by atoms with van der Waals surface area (Å²) in [6, 6.07) is 5.71. The van der Waals surface area contributed by atoms with Crippen LogP contribution in [0.4, 0.5) is 0 Å². The van der Waals surface area contributed by atoms with Crippen molar-refractivity contribution in [2.24, 2.45) is 5.73 Å². The number of nitrogens with one attached hydrogen (secondary N) is 2. The smallest absolute Gasteiger partial charge is 0.251 e. The molecule has 5 atom stereocenters. The van der Waals surface area contributed by atoms with E-state index < -0.39 is 30.6 Å². The lowest BCUT2D eigenvalue weighted by Crippen LogP contribution is -2.65. The maximum absolute atomic E-state index is 12.5. The number of benzene rings is 1. The fourth-order valence-corrected chi connectivity index (χ4v) is 3.49. The SMILES string of the molecule is COc1cccc(C(=O)NCC2OC(OCCCCCCN)C(NC(C)=O)C(O)C2O)c1. The summed E-state index contributed by atoms with van der Waals surface area (Å²) in [7, 11) is 1.51. The van der Waals surface area contributed by atoms with Crippen molar-refractivity contribution in [1.29, 1.82) is 0 Å². The Kier molecular flexibility index (Phi) is 10.8. The number of hydrogen-bond donors (Lipinski definition) is 5. The molecule has 0 saturated carbocycles. The molecule has 1 aromatic carbocycles. The molecular weight excluding hydrogens is 418 g/mol. The Morgan fingerprint density at radius 2 is 1.91 bits per heavy atom. The maximum atomic E-state index is 12.5. The number of nitrogens with two attached hydrogens (primary N) is 1. The van der Waals surface area contributed by atoms with Crippen LogP contribution in [0.25, 0.3) is 0 Å². The van der Waals surface area contributed by atoms with Crippen molar-refractivity contribution >= 4 is 11.8 Å². The van der Waals surface area contributed by atoms with Crippen LogP contribution in [-0.2, 0) is 14.3 Å². The molecule has 1 aromatic rings. The van der Waals surface area contributed by atoms with E-state index in [2.05, 4.69) is 10.6 Å². The Balaban J connectivity index is 1.97. The van der Waals surface area contributed by atoms with Gasteiger partial charge in [-0.15, -0.1) is 0 Å². The van der Waals surface area contributed by atoms with E-state index >= 15 is 0 Å². The van der Waals surface area contributed by atoms with Crippen LogP contribution in [0.15, 0.2) is 24.3 Å². The van der Waals surface area contributed by atoms with Gasteiger partial charge in [0.05, 0.1) is 7.11 Å². The zero-order chi connectivity index (χ0) is 23.5. The zero-order valence-corrected chi connectivity index (χ0v) is 18.7. The van der Waals surface area contributed by atoms with Gasteiger partial charge in [0.1, 0.15) is 30.1 Å². The number of methoxy groups -OCH3 is 1. The van der Waals surface area contributed by atoms with Gasteiger partial charge in [-0.1, -0.05) is 18.9 Å². The highest BCUT2D eigenvalue weighted by Gasteiger charge is 2.45. The third-order valence-electron chi connectivity index (χ3n) is 5.25. The molecule has 180 valence electrons. The molecule has 1 heterocycles. The Morgan fingerprint density at radius 1 is 1.16 bits per heavy atom. The molecule has 2 amide bonds. The molecule has 1 aliphatic heterocycles. The second kappa shape index (κ2) is 13.3. The van der Waals surface area contributed by atoms with E-state index in [-0.39, 0.29) is 18.4 Å². The summed E-state index contributed by atoms with van der Waals surface area (Å²) in [6.07, 6.45) is -0.926. The van der Waals surface area contributed by atoms with Crippen molar-refractivity contribution < 1.29 is 34.0 Å². The number of hydrogen-bond acceptors (Lipinski definition) is 8. The van der Waals surface area contributed by atoms with Gasteiger partial charge in [-0.05, 0) is 37.6 Å². The van der Waals surface area contributed by atoms with Gasteiger partial charge in [-0.3, -0.25) is 9.59 Å². The minimum Gasteiger partial charge on any atom is -0.497 e. The van der Waals surface area contributed by atoms with E-state index in [0.717, 1.165) is 25.7 Å². The predicted molar refractivity (Wildman–Crippen MR) is 117 cm³/mol. The van der Waals surface area contributed by atoms with Crippen molar-refractivity contribution in [3.05, 3.63) is 29.8 Å². The summed E-state index contributed by atoms with van der Waals surface area (Å²) in [5.74, 6) is -0.221. The highest BCUT2D eigenvalue weighted by Crippen LogP contribution is 2.23. The zero-order valence-electron chi connectivity index (χ0n) is 18.7. The summed E-state index contributed by atoms with van der Waals surface area (Å²) in [6.45, 7) is 2.25. The fraction of sp³-hybridized carbons (Fsp3) is 0.636. The molecule has 0 aliphatic carbocycles. The van der Waals surface area contributed by atoms with Gasteiger partial charge < -0.3 is 40.8 Å². The molecule has 1 fully saturated rings. The van der Waals surface area contributed by atoms with E-state index in [4.69, 9.17) is 19.9 Å². The molecule has 10 nitrogen and oxygen atoms in total. The molecule has 0 bridgehead atoms. The van der Waals surface area contributed by atoms with Gasteiger partial charge in [0.15, 0.2) is 6.29 Å². The summed E-state index contributed by atoms with van der Waals surface area (Å²) in [5.41, 5.74) is 5.88. The summed E-state index contributed by atoms with van der Waals surface area (Å²) >= 11 is 0. The Bertz CT molecular complexity index is 733.